The molecule has 3 nitrogen and oxygen atoms in total. The first kappa shape index (κ1) is 16.3. The van der Waals surface area contributed by atoms with Crippen LogP contribution < -0.4 is 0 Å². The van der Waals surface area contributed by atoms with E-state index in [2.05, 4.69) is 11.1 Å². The minimum absolute atomic E-state index is 0.179. The van der Waals surface area contributed by atoms with Crippen LogP contribution in [0.25, 0.3) is 0 Å². The van der Waals surface area contributed by atoms with Gasteiger partial charge in [0.1, 0.15) is 0 Å². The molecule has 1 amide bonds. The van der Waals surface area contributed by atoms with Gasteiger partial charge in [0.2, 0.25) is 5.91 Å². The van der Waals surface area contributed by atoms with E-state index < -0.39 is 0 Å². The highest BCUT2D eigenvalue weighted by Crippen LogP contribution is 2.37. The molecule has 0 N–H and O–H groups in total. The lowest BCUT2D eigenvalue weighted by molar-refractivity contribution is -0.130. The molecule has 23 heavy (non-hydrogen) atoms. The second-order valence-corrected chi connectivity index (χ2v) is 7.31. The largest absolute Gasteiger partial charge is 0.342 e. The van der Waals surface area contributed by atoms with Crippen LogP contribution in [0.3, 0.4) is 0 Å². The molecule has 1 aliphatic rings. The van der Waals surface area contributed by atoms with Gasteiger partial charge in [0, 0.05) is 41.5 Å². The van der Waals surface area contributed by atoms with E-state index in [-0.39, 0.29) is 5.91 Å². The Morgan fingerprint density at radius 3 is 2.91 bits per heavy atom. The summed E-state index contributed by atoms with van der Waals surface area (Å²) in [5.41, 5.74) is 2.15. The molecule has 1 atom stereocenters. The van der Waals surface area contributed by atoms with E-state index in [0.29, 0.717) is 11.7 Å². The Morgan fingerprint density at radius 2 is 2.13 bits per heavy atom. The van der Waals surface area contributed by atoms with Gasteiger partial charge in [0.05, 0.1) is 6.42 Å². The van der Waals surface area contributed by atoms with Crippen LogP contribution in [0.2, 0.25) is 5.02 Å². The van der Waals surface area contributed by atoms with Crippen LogP contribution in [0.15, 0.2) is 48.8 Å². The van der Waals surface area contributed by atoms with E-state index >= 15 is 0 Å². The van der Waals surface area contributed by atoms with Crippen LogP contribution in [0.1, 0.15) is 22.8 Å². The number of thioether (sulfide) groups is 1. The first-order valence-corrected chi connectivity index (χ1v) is 9.19. The van der Waals surface area contributed by atoms with E-state index in [1.54, 1.807) is 12.4 Å². The van der Waals surface area contributed by atoms with Gasteiger partial charge in [-0.25, -0.2) is 0 Å². The smallest absolute Gasteiger partial charge is 0.227 e. The van der Waals surface area contributed by atoms with Crippen molar-refractivity contribution in [3.8, 4) is 0 Å². The highest BCUT2D eigenvalue weighted by molar-refractivity contribution is 7.99. The van der Waals surface area contributed by atoms with Crippen LogP contribution in [-0.2, 0) is 11.2 Å². The monoisotopic (exact) mass is 346 g/mol. The van der Waals surface area contributed by atoms with E-state index in [1.807, 2.05) is 47.0 Å². The summed E-state index contributed by atoms with van der Waals surface area (Å²) in [4.78, 5) is 18.5. The zero-order chi connectivity index (χ0) is 16.1. The van der Waals surface area contributed by atoms with E-state index in [9.17, 15) is 4.79 Å². The fourth-order valence-corrected chi connectivity index (χ4v) is 4.39. The van der Waals surface area contributed by atoms with Crippen molar-refractivity contribution in [3.63, 3.8) is 0 Å². The standard InChI is InChI=1S/C18H19ClN2OS/c19-16-6-2-1-5-15(16)17-7-9-21(10-11-23-17)18(22)12-14-4-3-8-20-13-14/h1-6,8,13,17H,7,9-12H2/t17-/m0/s1. The summed E-state index contributed by atoms with van der Waals surface area (Å²) in [5.74, 6) is 1.12. The molecule has 1 aromatic carbocycles. The van der Waals surface area contributed by atoms with Gasteiger partial charge in [0.15, 0.2) is 0 Å². The first-order valence-electron chi connectivity index (χ1n) is 7.77. The maximum Gasteiger partial charge on any atom is 0.227 e. The number of hydrogen-bond donors (Lipinski definition) is 0. The molecular formula is C18H19ClN2OS. The van der Waals surface area contributed by atoms with E-state index in [1.165, 1.54) is 5.56 Å². The Balaban J connectivity index is 1.62. The summed E-state index contributed by atoms with van der Waals surface area (Å²) in [5, 5.41) is 1.18. The highest BCUT2D eigenvalue weighted by Gasteiger charge is 2.23. The van der Waals surface area contributed by atoms with Gasteiger partial charge in [0.25, 0.3) is 0 Å². The van der Waals surface area contributed by atoms with Crippen molar-refractivity contribution in [1.29, 1.82) is 0 Å². The molecule has 1 fully saturated rings. The topological polar surface area (TPSA) is 33.2 Å². The fourth-order valence-electron chi connectivity index (χ4n) is 2.79. The molecule has 0 spiro atoms. The minimum Gasteiger partial charge on any atom is -0.342 e. The zero-order valence-corrected chi connectivity index (χ0v) is 14.4. The summed E-state index contributed by atoms with van der Waals surface area (Å²) >= 11 is 8.20. The number of carbonyl (C=O) groups is 1. The maximum absolute atomic E-state index is 12.5. The quantitative estimate of drug-likeness (QED) is 0.842. The third-order valence-corrected chi connectivity index (χ3v) is 5.68. The van der Waals surface area contributed by atoms with Crippen LogP contribution in [0.4, 0.5) is 0 Å². The number of carbonyl (C=O) groups excluding carboxylic acids is 1. The average molecular weight is 347 g/mol. The molecule has 0 radical (unpaired) electrons. The Morgan fingerprint density at radius 1 is 1.26 bits per heavy atom. The summed E-state index contributed by atoms with van der Waals surface area (Å²) in [6.45, 7) is 1.58. The molecule has 2 heterocycles. The predicted molar refractivity (Wildman–Crippen MR) is 95.8 cm³/mol. The normalized spacial score (nSPS) is 18.5. The third kappa shape index (κ3) is 4.27. The van der Waals surface area contributed by atoms with Crippen LogP contribution in [-0.4, -0.2) is 34.6 Å². The molecule has 1 saturated heterocycles. The van der Waals surface area contributed by atoms with Crippen molar-refractivity contribution in [2.75, 3.05) is 18.8 Å². The first-order chi connectivity index (χ1) is 11.2. The van der Waals surface area contributed by atoms with Crippen molar-refractivity contribution in [3.05, 3.63) is 64.9 Å². The van der Waals surface area contributed by atoms with Gasteiger partial charge < -0.3 is 4.90 Å². The lowest BCUT2D eigenvalue weighted by Gasteiger charge is -2.20. The summed E-state index contributed by atoms with van der Waals surface area (Å²) in [7, 11) is 0. The molecule has 5 heteroatoms. The van der Waals surface area contributed by atoms with Gasteiger partial charge in [-0.05, 0) is 29.7 Å². The second-order valence-electron chi connectivity index (χ2n) is 5.59. The van der Waals surface area contributed by atoms with E-state index in [0.717, 1.165) is 35.8 Å². The van der Waals surface area contributed by atoms with Gasteiger partial charge in [-0.1, -0.05) is 35.9 Å². The molecule has 0 saturated carbocycles. The number of halogens is 1. The molecule has 0 aliphatic carbocycles. The number of rotatable bonds is 3. The number of nitrogens with zero attached hydrogens (tertiary/aromatic N) is 2. The van der Waals surface area contributed by atoms with Crippen molar-refractivity contribution in [2.45, 2.75) is 18.1 Å². The Hall–Kier alpha value is -1.52. The number of amides is 1. The molecule has 1 aromatic heterocycles. The van der Waals surface area contributed by atoms with Gasteiger partial charge in [-0.3, -0.25) is 9.78 Å². The van der Waals surface area contributed by atoms with Crippen LogP contribution in [0.5, 0.6) is 0 Å². The highest BCUT2D eigenvalue weighted by atomic mass is 35.5. The minimum atomic E-state index is 0.179. The molecular weight excluding hydrogens is 328 g/mol. The van der Waals surface area contributed by atoms with Gasteiger partial charge in [-0.15, -0.1) is 0 Å². The van der Waals surface area contributed by atoms with Crippen molar-refractivity contribution in [1.82, 2.24) is 9.88 Å². The molecule has 120 valence electrons. The lowest BCUT2D eigenvalue weighted by atomic mass is 10.1. The summed E-state index contributed by atoms with van der Waals surface area (Å²) in [6, 6.07) is 11.8. The zero-order valence-electron chi connectivity index (χ0n) is 12.8. The Labute approximate surface area is 146 Å². The van der Waals surface area contributed by atoms with Crippen molar-refractivity contribution in [2.24, 2.45) is 0 Å². The van der Waals surface area contributed by atoms with Crippen LogP contribution >= 0.6 is 23.4 Å². The maximum atomic E-state index is 12.5. The number of benzene rings is 1. The molecule has 1 aliphatic heterocycles. The number of pyridine rings is 1. The van der Waals surface area contributed by atoms with Crippen molar-refractivity contribution >= 4 is 29.3 Å². The number of hydrogen-bond acceptors (Lipinski definition) is 3. The Bertz CT molecular complexity index is 665. The third-order valence-electron chi connectivity index (χ3n) is 4.02. The molecule has 0 unspecified atom stereocenters. The molecule has 3 rings (SSSR count). The summed E-state index contributed by atoms with van der Waals surface area (Å²) in [6.07, 6.45) is 4.85. The van der Waals surface area contributed by atoms with Gasteiger partial charge >= 0.3 is 0 Å². The van der Waals surface area contributed by atoms with Crippen molar-refractivity contribution < 1.29 is 4.79 Å². The second kappa shape index (κ2) is 7.84. The fraction of sp³-hybridized carbons (Fsp3) is 0.333. The SMILES string of the molecule is O=C(Cc1cccnc1)N1CCS[C@H](c2ccccc2Cl)CC1. The van der Waals surface area contributed by atoms with Crippen LogP contribution in [0, 0.1) is 0 Å². The van der Waals surface area contributed by atoms with E-state index in [4.69, 9.17) is 11.6 Å². The lowest BCUT2D eigenvalue weighted by Crippen LogP contribution is -2.34. The molecule has 0 bridgehead atoms. The predicted octanol–water partition coefficient (Wildman–Crippen LogP) is 3.98. The molecule has 2 aromatic rings. The summed E-state index contributed by atoms with van der Waals surface area (Å²) < 4.78 is 0. The average Bonchev–Trinajstić information content (AvgIpc) is 2.82. The Kier molecular flexibility index (Phi) is 5.57. The number of aromatic nitrogens is 1. The van der Waals surface area contributed by atoms with Gasteiger partial charge in [-0.2, -0.15) is 11.8 Å².